The minimum Gasteiger partial charge on any atom is -0.492 e. The molecule has 0 unspecified atom stereocenters. The summed E-state index contributed by atoms with van der Waals surface area (Å²) in [7, 11) is 1.42. The van der Waals surface area contributed by atoms with E-state index < -0.39 is 5.91 Å². The van der Waals surface area contributed by atoms with Gasteiger partial charge in [0.15, 0.2) is 11.4 Å². The van der Waals surface area contributed by atoms with Gasteiger partial charge >= 0.3 is 0 Å². The van der Waals surface area contributed by atoms with Gasteiger partial charge in [-0.2, -0.15) is 0 Å². The van der Waals surface area contributed by atoms with E-state index in [-0.39, 0.29) is 17.2 Å². The second-order valence-electron chi connectivity index (χ2n) is 5.05. The molecular weight excluding hydrogens is 310 g/mol. The predicted molar refractivity (Wildman–Crippen MR) is 86.6 cm³/mol. The number of nitrogens with two attached hydrogens (primary N) is 1. The summed E-state index contributed by atoms with van der Waals surface area (Å²) in [6, 6.07) is 8.69. The van der Waals surface area contributed by atoms with E-state index in [1.54, 1.807) is 24.3 Å². The molecule has 121 valence electrons. The zero-order chi connectivity index (χ0) is 17.3. The van der Waals surface area contributed by atoms with Crippen molar-refractivity contribution in [2.75, 3.05) is 12.4 Å². The molecule has 1 radical (unpaired) electrons. The highest BCUT2D eigenvalue weighted by molar-refractivity contribution is 5.99. The molecule has 3 N–H and O–H groups in total. The van der Waals surface area contributed by atoms with Gasteiger partial charge in [0.2, 0.25) is 12.2 Å². The number of carbonyl (C=O) groups excluding carboxylic acids is 2. The smallest absolute Gasteiger partial charge is 0.252 e. The van der Waals surface area contributed by atoms with Crippen LogP contribution in [-0.4, -0.2) is 33.5 Å². The summed E-state index contributed by atoms with van der Waals surface area (Å²) in [5.41, 5.74) is 7.87. The number of hydrogen-bond acceptors (Lipinski definition) is 5. The Bertz CT molecular complexity index is 948. The van der Waals surface area contributed by atoms with E-state index in [2.05, 4.69) is 21.7 Å². The number of aromatic nitrogens is 3. The monoisotopic (exact) mass is 324 g/mol. The van der Waals surface area contributed by atoms with Crippen molar-refractivity contribution in [2.45, 2.75) is 6.92 Å². The number of pyridine rings is 1. The second-order valence-corrected chi connectivity index (χ2v) is 5.05. The van der Waals surface area contributed by atoms with E-state index in [9.17, 15) is 9.59 Å². The van der Waals surface area contributed by atoms with Crippen LogP contribution in [0.5, 0.6) is 5.75 Å². The van der Waals surface area contributed by atoms with Crippen molar-refractivity contribution in [2.24, 2.45) is 5.73 Å². The first-order valence-corrected chi connectivity index (χ1v) is 7.03. The molecule has 0 saturated carbocycles. The molecule has 0 atom stereocenters. The third-order valence-electron chi connectivity index (χ3n) is 3.41. The van der Waals surface area contributed by atoms with E-state index in [4.69, 9.17) is 10.5 Å². The van der Waals surface area contributed by atoms with E-state index >= 15 is 0 Å². The summed E-state index contributed by atoms with van der Waals surface area (Å²) >= 11 is 0. The zero-order valence-electron chi connectivity index (χ0n) is 13.0. The highest BCUT2D eigenvalue weighted by atomic mass is 16.5. The zero-order valence-corrected chi connectivity index (χ0v) is 13.0. The highest BCUT2D eigenvalue weighted by Gasteiger charge is 2.19. The van der Waals surface area contributed by atoms with Crippen molar-refractivity contribution < 1.29 is 14.3 Å². The van der Waals surface area contributed by atoms with Gasteiger partial charge in [0, 0.05) is 18.2 Å². The highest BCUT2D eigenvalue weighted by Crippen LogP contribution is 2.30. The number of benzene rings is 1. The lowest BCUT2D eigenvalue weighted by Crippen LogP contribution is -2.14. The quantitative estimate of drug-likeness (QED) is 0.750. The summed E-state index contributed by atoms with van der Waals surface area (Å²) in [6.45, 7) is 1.43. The van der Waals surface area contributed by atoms with Gasteiger partial charge in [0.05, 0.1) is 18.4 Å². The van der Waals surface area contributed by atoms with Crippen molar-refractivity contribution >= 4 is 23.1 Å². The summed E-state index contributed by atoms with van der Waals surface area (Å²) in [6.07, 6.45) is 2.50. The van der Waals surface area contributed by atoms with E-state index in [1.165, 1.54) is 18.5 Å². The Morgan fingerprint density at radius 2 is 2.12 bits per heavy atom. The van der Waals surface area contributed by atoms with Crippen LogP contribution in [0.15, 0.2) is 30.3 Å². The Balaban J connectivity index is 2.25. The first-order valence-electron chi connectivity index (χ1n) is 7.03. The van der Waals surface area contributed by atoms with Crippen molar-refractivity contribution in [1.29, 1.82) is 0 Å². The van der Waals surface area contributed by atoms with Gasteiger partial charge in [0.1, 0.15) is 0 Å². The number of fused-ring (bicyclic) bond motifs is 1. The average molecular weight is 324 g/mol. The maximum atomic E-state index is 11.8. The van der Waals surface area contributed by atoms with Crippen molar-refractivity contribution in [1.82, 2.24) is 14.6 Å². The maximum absolute atomic E-state index is 11.8. The van der Waals surface area contributed by atoms with Crippen LogP contribution in [0.1, 0.15) is 17.3 Å². The standard InChI is InChI=1S/C16H14N5O3/c1-9(22)20-11-5-3-4-10(6-11)13-7-12(15(17)23)14(24-2)16-18-8-19-21(13)16/h3-7H,1-2H3,(H2,17,23)(H,20,22). The molecule has 0 saturated heterocycles. The summed E-state index contributed by atoms with van der Waals surface area (Å²) in [5, 5.41) is 6.76. The second kappa shape index (κ2) is 5.99. The fraction of sp³-hybridized carbons (Fsp3) is 0.125. The molecule has 0 bridgehead atoms. The predicted octanol–water partition coefficient (Wildman–Crippen LogP) is 1.26. The molecule has 0 fully saturated rings. The Hall–Kier alpha value is -3.42. The number of carbonyl (C=O) groups is 2. The SMILES string of the molecule is COc1c(C(N)=O)cc(-c2cccc(NC(C)=O)c2)n2n[c]nc12. The first-order chi connectivity index (χ1) is 11.5. The molecule has 1 aromatic carbocycles. The molecule has 24 heavy (non-hydrogen) atoms. The summed E-state index contributed by atoms with van der Waals surface area (Å²) in [4.78, 5) is 27.0. The molecule has 3 aromatic rings. The lowest BCUT2D eigenvalue weighted by molar-refractivity contribution is -0.114. The lowest BCUT2D eigenvalue weighted by Gasteiger charge is -2.12. The van der Waals surface area contributed by atoms with Crippen molar-refractivity contribution in [3.8, 4) is 17.0 Å². The molecule has 0 spiro atoms. The number of methoxy groups -OCH3 is 1. The molecule has 8 heteroatoms. The maximum Gasteiger partial charge on any atom is 0.252 e. The topological polar surface area (TPSA) is 112 Å². The van der Waals surface area contributed by atoms with Gasteiger partial charge in [0.25, 0.3) is 5.91 Å². The third-order valence-corrected chi connectivity index (χ3v) is 3.41. The fourth-order valence-electron chi connectivity index (χ4n) is 2.46. The molecule has 2 heterocycles. The molecular formula is C16H14N5O3. The lowest BCUT2D eigenvalue weighted by atomic mass is 10.1. The van der Waals surface area contributed by atoms with Crippen LogP contribution in [-0.2, 0) is 4.79 Å². The van der Waals surface area contributed by atoms with Gasteiger partial charge < -0.3 is 15.8 Å². The van der Waals surface area contributed by atoms with Crippen LogP contribution in [0.4, 0.5) is 5.69 Å². The average Bonchev–Trinajstić information content (AvgIpc) is 3.02. The summed E-state index contributed by atoms with van der Waals surface area (Å²) < 4.78 is 6.74. The number of nitrogens with one attached hydrogen (secondary N) is 1. The molecule has 3 rings (SSSR count). The van der Waals surface area contributed by atoms with E-state index in [0.29, 0.717) is 17.0 Å². The Morgan fingerprint density at radius 1 is 1.33 bits per heavy atom. The Labute approximate surface area is 137 Å². The minimum absolute atomic E-state index is 0.182. The van der Waals surface area contributed by atoms with Gasteiger partial charge in [-0.3, -0.25) is 9.59 Å². The minimum atomic E-state index is -0.642. The normalized spacial score (nSPS) is 10.6. The number of anilines is 1. The Kier molecular flexibility index (Phi) is 3.87. The van der Waals surface area contributed by atoms with Gasteiger partial charge in [-0.15, -0.1) is 5.10 Å². The number of hydrogen-bond donors (Lipinski definition) is 2. The largest absolute Gasteiger partial charge is 0.492 e. The first kappa shape index (κ1) is 15.5. The fourth-order valence-corrected chi connectivity index (χ4v) is 2.46. The van der Waals surface area contributed by atoms with Crippen LogP contribution in [0, 0.1) is 6.33 Å². The number of ether oxygens (including phenoxy) is 1. The van der Waals surface area contributed by atoms with E-state index in [0.717, 1.165) is 5.56 Å². The molecule has 2 aromatic heterocycles. The number of amides is 2. The molecule has 2 amide bonds. The number of rotatable bonds is 4. The third kappa shape index (κ3) is 2.65. The van der Waals surface area contributed by atoms with Crippen LogP contribution in [0.3, 0.4) is 0 Å². The molecule has 0 aliphatic heterocycles. The van der Waals surface area contributed by atoms with Crippen LogP contribution in [0.25, 0.3) is 16.9 Å². The van der Waals surface area contributed by atoms with Gasteiger partial charge in [-0.1, -0.05) is 12.1 Å². The van der Waals surface area contributed by atoms with Crippen LogP contribution < -0.4 is 15.8 Å². The number of primary amides is 1. The molecule has 8 nitrogen and oxygen atoms in total. The Morgan fingerprint density at radius 3 is 2.79 bits per heavy atom. The van der Waals surface area contributed by atoms with Crippen molar-refractivity contribution in [3.63, 3.8) is 0 Å². The summed E-state index contributed by atoms with van der Waals surface area (Å²) in [5.74, 6) is -0.589. The van der Waals surface area contributed by atoms with Crippen LogP contribution in [0.2, 0.25) is 0 Å². The van der Waals surface area contributed by atoms with Gasteiger partial charge in [-0.05, 0) is 18.2 Å². The van der Waals surface area contributed by atoms with Gasteiger partial charge in [-0.25, -0.2) is 9.50 Å². The van der Waals surface area contributed by atoms with Crippen LogP contribution >= 0.6 is 0 Å². The van der Waals surface area contributed by atoms with Crippen molar-refractivity contribution in [3.05, 3.63) is 42.2 Å². The molecule has 0 aliphatic carbocycles. The molecule has 0 aliphatic rings. The number of nitrogens with zero attached hydrogens (tertiary/aromatic N) is 3. The van der Waals surface area contributed by atoms with E-state index in [1.807, 2.05) is 6.07 Å².